The molecule has 1 aromatic carbocycles. The number of nitrogens with one attached hydrogen (secondary N) is 1. The molecule has 1 aromatic rings. The fourth-order valence-electron chi connectivity index (χ4n) is 2.38. The molecule has 4 N–H and O–H groups in total. The second-order valence-electron chi connectivity index (χ2n) is 4.98. The van der Waals surface area contributed by atoms with Crippen molar-refractivity contribution in [3.8, 4) is 17.2 Å². The van der Waals surface area contributed by atoms with Crippen LogP contribution in [-0.4, -0.2) is 38.7 Å². The average molecular weight is 296 g/mol. The summed E-state index contributed by atoms with van der Waals surface area (Å²) in [6.45, 7) is 1.82. The summed E-state index contributed by atoms with van der Waals surface area (Å²) in [4.78, 5) is 0. The number of aliphatic hydroxyl groups excluding tert-OH is 1. The van der Waals surface area contributed by atoms with Crippen molar-refractivity contribution >= 4 is 0 Å². The number of hydrogen-bond acceptors (Lipinski definition) is 6. The molecule has 6 heteroatoms. The van der Waals surface area contributed by atoms with E-state index in [1.807, 2.05) is 12.1 Å². The largest absolute Gasteiger partial charge is 0.493 e. The zero-order valence-corrected chi connectivity index (χ0v) is 12.4. The van der Waals surface area contributed by atoms with Crippen LogP contribution in [0.5, 0.6) is 17.2 Å². The molecule has 0 aliphatic carbocycles. The van der Waals surface area contributed by atoms with E-state index in [4.69, 9.17) is 25.1 Å². The number of benzene rings is 1. The number of rotatable bonds is 9. The topological polar surface area (TPSA) is 86.0 Å². The molecule has 0 aromatic heterocycles. The van der Waals surface area contributed by atoms with Crippen molar-refractivity contribution < 1.29 is 19.3 Å². The number of unbranched alkanes of at least 4 members (excludes halogenated alkanes) is 2. The maximum absolute atomic E-state index is 8.77. The van der Waals surface area contributed by atoms with Crippen LogP contribution >= 0.6 is 0 Å². The van der Waals surface area contributed by atoms with Gasteiger partial charge in [-0.05, 0) is 43.5 Å². The van der Waals surface area contributed by atoms with E-state index < -0.39 is 0 Å². The summed E-state index contributed by atoms with van der Waals surface area (Å²) in [6.07, 6.45) is 2.86. The van der Waals surface area contributed by atoms with Crippen LogP contribution in [-0.2, 0) is 0 Å². The van der Waals surface area contributed by atoms with Crippen molar-refractivity contribution in [2.45, 2.75) is 25.3 Å². The molecule has 2 rings (SSSR count). The van der Waals surface area contributed by atoms with E-state index >= 15 is 0 Å². The lowest BCUT2D eigenvalue weighted by atomic mass is 10.1. The summed E-state index contributed by atoms with van der Waals surface area (Å²) in [5.41, 5.74) is 6.90. The molecule has 1 unspecified atom stereocenters. The maximum atomic E-state index is 8.77. The van der Waals surface area contributed by atoms with E-state index in [1.54, 1.807) is 7.11 Å². The lowest BCUT2D eigenvalue weighted by Gasteiger charge is -2.18. The molecule has 0 saturated heterocycles. The Balaban J connectivity index is 2.01. The highest BCUT2D eigenvalue weighted by Crippen LogP contribution is 2.42. The van der Waals surface area contributed by atoms with Gasteiger partial charge in [0.25, 0.3) is 0 Å². The number of nitrogens with two attached hydrogens (primary N) is 1. The quantitative estimate of drug-likeness (QED) is 0.593. The molecular weight excluding hydrogens is 272 g/mol. The smallest absolute Gasteiger partial charge is 0.231 e. The van der Waals surface area contributed by atoms with Crippen molar-refractivity contribution in [2.75, 3.05) is 33.6 Å². The van der Waals surface area contributed by atoms with Crippen LogP contribution < -0.4 is 25.3 Å². The molecule has 1 aliphatic rings. The van der Waals surface area contributed by atoms with E-state index in [0.717, 1.165) is 31.4 Å². The van der Waals surface area contributed by atoms with Gasteiger partial charge < -0.3 is 30.4 Å². The normalized spacial score (nSPS) is 14.2. The highest BCUT2D eigenvalue weighted by Gasteiger charge is 2.22. The van der Waals surface area contributed by atoms with E-state index in [2.05, 4.69) is 5.32 Å². The first-order valence-electron chi connectivity index (χ1n) is 7.32. The first-order valence-corrected chi connectivity index (χ1v) is 7.32. The van der Waals surface area contributed by atoms with Gasteiger partial charge in [-0.15, -0.1) is 0 Å². The number of methoxy groups -OCH3 is 1. The summed E-state index contributed by atoms with van der Waals surface area (Å²) < 4.78 is 16.2. The summed E-state index contributed by atoms with van der Waals surface area (Å²) in [6, 6.07) is 3.93. The van der Waals surface area contributed by atoms with Crippen molar-refractivity contribution in [3.05, 3.63) is 17.7 Å². The van der Waals surface area contributed by atoms with Gasteiger partial charge in [0.15, 0.2) is 11.5 Å². The molecular formula is C15H24N2O4. The van der Waals surface area contributed by atoms with Crippen molar-refractivity contribution in [1.29, 1.82) is 0 Å². The van der Waals surface area contributed by atoms with Gasteiger partial charge in [-0.25, -0.2) is 0 Å². The SMILES string of the molecule is COc1cc(C(CN)NCCCCCO)cc2c1OCO2. The van der Waals surface area contributed by atoms with Gasteiger partial charge in [-0.3, -0.25) is 0 Å². The van der Waals surface area contributed by atoms with Crippen LogP contribution in [0.2, 0.25) is 0 Å². The summed E-state index contributed by atoms with van der Waals surface area (Å²) in [5, 5.41) is 12.2. The lowest BCUT2D eigenvalue weighted by molar-refractivity contribution is 0.171. The van der Waals surface area contributed by atoms with Crippen LogP contribution in [0.1, 0.15) is 30.9 Å². The van der Waals surface area contributed by atoms with Crippen LogP contribution in [0.25, 0.3) is 0 Å². The monoisotopic (exact) mass is 296 g/mol. The molecule has 0 saturated carbocycles. The molecule has 1 atom stereocenters. The first kappa shape index (κ1) is 15.9. The fourth-order valence-corrected chi connectivity index (χ4v) is 2.38. The van der Waals surface area contributed by atoms with Crippen molar-refractivity contribution in [1.82, 2.24) is 5.32 Å². The van der Waals surface area contributed by atoms with Crippen LogP contribution in [0.3, 0.4) is 0 Å². The Morgan fingerprint density at radius 2 is 2.19 bits per heavy atom. The average Bonchev–Trinajstić information content (AvgIpc) is 2.98. The van der Waals surface area contributed by atoms with Gasteiger partial charge in [-0.2, -0.15) is 0 Å². The number of fused-ring (bicyclic) bond motifs is 1. The Bertz CT molecular complexity index is 454. The van der Waals surface area contributed by atoms with E-state index in [-0.39, 0.29) is 19.4 Å². The molecule has 0 amide bonds. The predicted molar refractivity (Wildman–Crippen MR) is 79.9 cm³/mol. The molecule has 1 aliphatic heterocycles. The Morgan fingerprint density at radius 1 is 1.33 bits per heavy atom. The summed E-state index contributed by atoms with van der Waals surface area (Å²) in [7, 11) is 1.61. The Hall–Kier alpha value is -1.50. The standard InChI is InChI=1S/C15H24N2O4/c1-19-13-7-11(8-14-15(13)21-10-20-14)12(9-16)17-5-3-2-4-6-18/h7-8,12,17-18H,2-6,9-10,16H2,1H3. The number of hydrogen-bond donors (Lipinski definition) is 3. The van der Waals surface area contributed by atoms with Crippen molar-refractivity contribution in [3.63, 3.8) is 0 Å². The maximum Gasteiger partial charge on any atom is 0.231 e. The highest BCUT2D eigenvalue weighted by molar-refractivity contribution is 5.55. The zero-order chi connectivity index (χ0) is 15.1. The Labute approximate surface area is 125 Å². The van der Waals surface area contributed by atoms with E-state index in [0.29, 0.717) is 23.8 Å². The fraction of sp³-hybridized carbons (Fsp3) is 0.600. The van der Waals surface area contributed by atoms with Gasteiger partial charge in [-0.1, -0.05) is 0 Å². The minimum Gasteiger partial charge on any atom is -0.493 e. The van der Waals surface area contributed by atoms with Gasteiger partial charge in [0.1, 0.15) is 0 Å². The Morgan fingerprint density at radius 3 is 2.90 bits per heavy atom. The van der Waals surface area contributed by atoms with Crippen molar-refractivity contribution in [2.24, 2.45) is 5.73 Å². The van der Waals surface area contributed by atoms with Crippen LogP contribution in [0.15, 0.2) is 12.1 Å². The molecule has 21 heavy (non-hydrogen) atoms. The molecule has 0 fully saturated rings. The predicted octanol–water partition coefficient (Wildman–Crippen LogP) is 1.18. The second kappa shape index (κ2) is 8.07. The minimum atomic E-state index is 0.0440. The molecule has 6 nitrogen and oxygen atoms in total. The summed E-state index contributed by atoms with van der Waals surface area (Å²) >= 11 is 0. The number of ether oxygens (including phenoxy) is 3. The van der Waals surface area contributed by atoms with Crippen LogP contribution in [0.4, 0.5) is 0 Å². The van der Waals surface area contributed by atoms with Gasteiger partial charge in [0, 0.05) is 19.2 Å². The zero-order valence-electron chi connectivity index (χ0n) is 12.4. The highest BCUT2D eigenvalue weighted by atomic mass is 16.7. The molecule has 0 radical (unpaired) electrons. The van der Waals surface area contributed by atoms with E-state index in [1.165, 1.54) is 0 Å². The van der Waals surface area contributed by atoms with Crippen LogP contribution in [0, 0.1) is 0 Å². The third kappa shape index (κ3) is 4.00. The molecule has 0 bridgehead atoms. The third-order valence-corrected chi connectivity index (χ3v) is 3.54. The molecule has 1 heterocycles. The third-order valence-electron chi connectivity index (χ3n) is 3.54. The lowest BCUT2D eigenvalue weighted by Crippen LogP contribution is -2.29. The summed E-state index contributed by atoms with van der Waals surface area (Å²) in [5.74, 6) is 2.02. The minimum absolute atomic E-state index is 0.0440. The Kier molecular flexibility index (Phi) is 6.10. The molecule has 0 spiro atoms. The second-order valence-corrected chi connectivity index (χ2v) is 4.98. The van der Waals surface area contributed by atoms with Gasteiger partial charge >= 0.3 is 0 Å². The van der Waals surface area contributed by atoms with Gasteiger partial charge in [0.05, 0.1) is 7.11 Å². The molecule has 118 valence electrons. The van der Waals surface area contributed by atoms with E-state index in [9.17, 15) is 0 Å². The van der Waals surface area contributed by atoms with Gasteiger partial charge in [0.2, 0.25) is 12.5 Å². The number of aliphatic hydroxyl groups is 1. The first-order chi connectivity index (χ1) is 10.3.